The first kappa shape index (κ1) is 12.7. The zero-order valence-electron chi connectivity index (χ0n) is 10.8. The van der Waals surface area contributed by atoms with E-state index >= 15 is 0 Å². The molecule has 0 spiro atoms. The highest BCUT2D eigenvalue weighted by Crippen LogP contribution is 2.07. The van der Waals surface area contributed by atoms with Crippen molar-refractivity contribution in [2.45, 2.75) is 38.6 Å². The first-order chi connectivity index (χ1) is 8.34. The molecule has 96 valence electrons. The SMILES string of the molecule is CC(Cc1ccco1)NCCN1CCCCC1. The van der Waals surface area contributed by atoms with E-state index in [0.717, 1.165) is 18.7 Å². The number of piperidine rings is 1. The van der Waals surface area contributed by atoms with Crippen molar-refractivity contribution in [2.75, 3.05) is 26.2 Å². The Morgan fingerprint density at radius 2 is 2.18 bits per heavy atom. The molecule has 0 saturated carbocycles. The molecule has 1 N–H and O–H groups in total. The van der Waals surface area contributed by atoms with Crippen LogP contribution in [0.15, 0.2) is 22.8 Å². The van der Waals surface area contributed by atoms with Gasteiger partial charge in [0.25, 0.3) is 0 Å². The minimum absolute atomic E-state index is 0.492. The van der Waals surface area contributed by atoms with Gasteiger partial charge in [-0.1, -0.05) is 6.42 Å². The van der Waals surface area contributed by atoms with E-state index in [2.05, 4.69) is 17.1 Å². The Morgan fingerprint density at radius 3 is 2.88 bits per heavy atom. The van der Waals surface area contributed by atoms with E-state index in [1.54, 1.807) is 6.26 Å². The highest BCUT2D eigenvalue weighted by molar-refractivity contribution is 4.99. The van der Waals surface area contributed by atoms with Crippen molar-refractivity contribution in [1.29, 1.82) is 0 Å². The molecule has 1 aliphatic rings. The third-order valence-electron chi connectivity index (χ3n) is 3.46. The first-order valence-corrected chi connectivity index (χ1v) is 6.83. The van der Waals surface area contributed by atoms with Crippen LogP contribution in [0.2, 0.25) is 0 Å². The standard InChI is InChI=1S/C14H24N2O/c1-13(12-14-6-5-11-17-14)15-7-10-16-8-3-2-4-9-16/h5-6,11,13,15H,2-4,7-10,12H2,1H3. The molecule has 1 atom stereocenters. The summed E-state index contributed by atoms with van der Waals surface area (Å²) in [5, 5.41) is 3.57. The van der Waals surface area contributed by atoms with Crippen molar-refractivity contribution in [1.82, 2.24) is 10.2 Å². The van der Waals surface area contributed by atoms with Crippen LogP contribution in [0.5, 0.6) is 0 Å². The maximum Gasteiger partial charge on any atom is 0.105 e. The van der Waals surface area contributed by atoms with Gasteiger partial charge in [0.05, 0.1) is 6.26 Å². The van der Waals surface area contributed by atoms with Gasteiger partial charge in [0, 0.05) is 25.6 Å². The summed E-state index contributed by atoms with van der Waals surface area (Å²) in [5.74, 6) is 1.07. The summed E-state index contributed by atoms with van der Waals surface area (Å²) in [7, 11) is 0. The molecule has 1 aromatic rings. The Balaban J connectivity index is 1.58. The quantitative estimate of drug-likeness (QED) is 0.821. The lowest BCUT2D eigenvalue weighted by atomic mass is 10.1. The van der Waals surface area contributed by atoms with E-state index in [1.807, 2.05) is 12.1 Å². The molecule has 0 radical (unpaired) electrons. The van der Waals surface area contributed by atoms with E-state index in [9.17, 15) is 0 Å². The normalized spacial score (nSPS) is 19.4. The molecule has 1 unspecified atom stereocenters. The summed E-state index contributed by atoms with van der Waals surface area (Å²) in [6.45, 7) is 7.06. The molecule has 1 aliphatic heterocycles. The van der Waals surface area contributed by atoms with Crippen LogP contribution in [0.1, 0.15) is 31.9 Å². The van der Waals surface area contributed by atoms with Crippen LogP contribution in [0, 0.1) is 0 Å². The summed E-state index contributed by atoms with van der Waals surface area (Å²) < 4.78 is 5.35. The first-order valence-electron chi connectivity index (χ1n) is 6.83. The van der Waals surface area contributed by atoms with Gasteiger partial charge in [-0.3, -0.25) is 0 Å². The molecule has 0 amide bonds. The molecule has 3 nitrogen and oxygen atoms in total. The van der Waals surface area contributed by atoms with Gasteiger partial charge in [0.2, 0.25) is 0 Å². The zero-order chi connectivity index (χ0) is 11.9. The third-order valence-corrected chi connectivity index (χ3v) is 3.46. The van der Waals surface area contributed by atoms with Crippen molar-refractivity contribution in [2.24, 2.45) is 0 Å². The van der Waals surface area contributed by atoms with Crippen molar-refractivity contribution in [3.8, 4) is 0 Å². The Labute approximate surface area is 104 Å². The smallest absolute Gasteiger partial charge is 0.105 e. The molecule has 1 aromatic heterocycles. The summed E-state index contributed by atoms with van der Waals surface area (Å²) in [4.78, 5) is 2.57. The van der Waals surface area contributed by atoms with Crippen molar-refractivity contribution < 1.29 is 4.42 Å². The van der Waals surface area contributed by atoms with Gasteiger partial charge in [-0.05, 0) is 45.0 Å². The molecule has 0 aliphatic carbocycles. The number of likely N-dealkylation sites (tertiary alicyclic amines) is 1. The monoisotopic (exact) mass is 236 g/mol. The molecule has 17 heavy (non-hydrogen) atoms. The molecule has 1 saturated heterocycles. The molecule has 3 heteroatoms. The van der Waals surface area contributed by atoms with E-state index in [0.29, 0.717) is 6.04 Å². The second-order valence-electron chi connectivity index (χ2n) is 5.04. The zero-order valence-corrected chi connectivity index (χ0v) is 10.8. The van der Waals surface area contributed by atoms with Gasteiger partial charge in [0.15, 0.2) is 0 Å². The summed E-state index contributed by atoms with van der Waals surface area (Å²) in [5.41, 5.74) is 0. The lowest BCUT2D eigenvalue weighted by Gasteiger charge is -2.27. The molecule has 0 bridgehead atoms. The maximum atomic E-state index is 5.35. The van der Waals surface area contributed by atoms with Gasteiger partial charge in [0.1, 0.15) is 5.76 Å². The summed E-state index contributed by atoms with van der Waals surface area (Å²) >= 11 is 0. The van der Waals surface area contributed by atoms with Crippen molar-refractivity contribution in [3.63, 3.8) is 0 Å². The van der Waals surface area contributed by atoms with Crippen LogP contribution < -0.4 is 5.32 Å². The summed E-state index contributed by atoms with van der Waals surface area (Å²) in [6.07, 6.45) is 6.89. The van der Waals surface area contributed by atoms with Crippen LogP contribution in [0.25, 0.3) is 0 Å². The third kappa shape index (κ3) is 4.52. The number of nitrogens with zero attached hydrogens (tertiary/aromatic N) is 1. The number of nitrogens with one attached hydrogen (secondary N) is 1. The van der Waals surface area contributed by atoms with Crippen molar-refractivity contribution >= 4 is 0 Å². The Bertz CT molecular complexity index is 291. The lowest BCUT2D eigenvalue weighted by molar-refractivity contribution is 0.226. The fourth-order valence-corrected chi connectivity index (χ4v) is 2.45. The van der Waals surface area contributed by atoms with E-state index in [1.165, 1.54) is 38.9 Å². The average Bonchev–Trinajstić information content (AvgIpc) is 2.83. The highest BCUT2D eigenvalue weighted by Gasteiger charge is 2.10. The molecular formula is C14H24N2O. The van der Waals surface area contributed by atoms with Gasteiger partial charge in [-0.25, -0.2) is 0 Å². The van der Waals surface area contributed by atoms with E-state index in [4.69, 9.17) is 4.42 Å². The van der Waals surface area contributed by atoms with E-state index in [-0.39, 0.29) is 0 Å². The van der Waals surface area contributed by atoms with Gasteiger partial charge in [-0.15, -0.1) is 0 Å². The molecule has 0 aromatic carbocycles. The number of hydrogen-bond acceptors (Lipinski definition) is 3. The number of furan rings is 1. The van der Waals surface area contributed by atoms with Crippen LogP contribution in [0.3, 0.4) is 0 Å². The molecule has 2 rings (SSSR count). The predicted molar refractivity (Wildman–Crippen MR) is 70.2 cm³/mol. The van der Waals surface area contributed by atoms with Crippen LogP contribution in [-0.4, -0.2) is 37.1 Å². The lowest BCUT2D eigenvalue weighted by Crippen LogP contribution is -2.39. The van der Waals surface area contributed by atoms with E-state index < -0.39 is 0 Å². The van der Waals surface area contributed by atoms with Crippen LogP contribution in [-0.2, 0) is 6.42 Å². The van der Waals surface area contributed by atoms with Gasteiger partial charge >= 0.3 is 0 Å². The second kappa shape index (κ2) is 6.82. The number of rotatable bonds is 6. The average molecular weight is 236 g/mol. The van der Waals surface area contributed by atoms with Crippen LogP contribution >= 0.6 is 0 Å². The summed E-state index contributed by atoms with van der Waals surface area (Å²) in [6, 6.07) is 4.49. The maximum absolute atomic E-state index is 5.35. The largest absolute Gasteiger partial charge is 0.469 e. The molecule has 1 fully saturated rings. The predicted octanol–water partition coefficient (Wildman–Crippen LogP) is 2.29. The van der Waals surface area contributed by atoms with Gasteiger partial charge < -0.3 is 14.6 Å². The molecule has 2 heterocycles. The Morgan fingerprint density at radius 1 is 1.35 bits per heavy atom. The Hall–Kier alpha value is -0.800. The fraction of sp³-hybridized carbons (Fsp3) is 0.714. The van der Waals surface area contributed by atoms with Crippen LogP contribution in [0.4, 0.5) is 0 Å². The molecular weight excluding hydrogens is 212 g/mol. The second-order valence-corrected chi connectivity index (χ2v) is 5.04. The number of hydrogen-bond donors (Lipinski definition) is 1. The Kier molecular flexibility index (Phi) is 5.08. The van der Waals surface area contributed by atoms with Gasteiger partial charge in [-0.2, -0.15) is 0 Å². The highest BCUT2D eigenvalue weighted by atomic mass is 16.3. The minimum Gasteiger partial charge on any atom is -0.469 e. The topological polar surface area (TPSA) is 28.4 Å². The minimum atomic E-state index is 0.492. The fourth-order valence-electron chi connectivity index (χ4n) is 2.45. The van der Waals surface area contributed by atoms with Crippen molar-refractivity contribution in [3.05, 3.63) is 24.2 Å².